The molecule has 2 saturated carbocycles. The number of hydrogen-bond donors (Lipinski definition) is 6. The topological polar surface area (TPSA) is 173 Å². The Labute approximate surface area is 233 Å². The van der Waals surface area contributed by atoms with Crippen LogP contribution in [0.5, 0.6) is 5.75 Å². The molecular weight excluding hydrogens is 513 g/mol. The van der Waals surface area contributed by atoms with Gasteiger partial charge >= 0.3 is 201 Å². The number of carbonyl (C=O) groups is 3. The van der Waals surface area contributed by atoms with Crippen molar-refractivity contribution in [1.82, 2.24) is 10.2 Å². The molecule has 0 aliphatic heterocycles. The van der Waals surface area contributed by atoms with Gasteiger partial charge in [-0.2, -0.15) is 0 Å². The van der Waals surface area contributed by atoms with E-state index in [1.165, 1.54) is 18.6 Å². The number of aliphatic hydroxyl groups is 3. The monoisotopic (exact) mass is 548 g/mol. The van der Waals surface area contributed by atoms with E-state index in [0.717, 1.165) is 25.7 Å². The average molecular weight is 548 g/mol. The number of amides is 1. The number of nitrogens with zero attached hydrogens (tertiary/aromatic N) is 1. The summed E-state index contributed by atoms with van der Waals surface area (Å²) in [5.74, 6) is -5.13. The third-order valence-electron chi connectivity index (χ3n) is 9.16. The van der Waals surface area contributed by atoms with E-state index in [2.05, 4.69) is 5.32 Å². The van der Waals surface area contributed by atoms with Gasteiger partial charge in [-0.1, -0.05) is 19.3 Å². The number of likely N-dealkylation sites (N-methyl/N-ethyl adjacent to an activating group) is 1. The van der Waals surface area contributed by atoms with Gasteiger partial charge in [0.25, 0.3) is 0 Å². The summed E-state index contributed by atoms with van der Waals surface area (Å²) in [5.41, 5.74) is 2.52. The molecule has 211 valence electrons. The van der Waals surface area contributed by atoms with E-state index < -0.39 is 57.7 Å². The van der Waals surface area contributed by atoms with Crippen molar-refractivity contribution in [2.75, 3.05) is 20.6 Å². The van der Waals surface area contributed by atoms with Gasteiger partial charge in [-0.15, -0.1) is 0 Å². The summed E-state index contributed by atoms with van der Waals surface area (Å²) < 4.78 is 0. The number of nitrogens with two attached hydrogens (primary N) is 1. The summed E-state index contributed by atoms with van der Waals surface area (Å²) in [6, 6.07) is 2.13. The predicted octanol–water partition coefficient (Wildman–Crippen LogP) is 0.841. The van der Waals surface area contributed by atoms with Gasteiger partial charge < -0.3 is 0 Å². The molecule has 7 N–H and O–H groups in total. The number of nitrogens with one attached hydrogen (secondary N) is 1. The van der Waals surface area contributed by atoms with E-state index in [1.54, 1.807) is 19.0 Å². The molecule has 4 aliphatic rings. The van der Waals surface area contributed by atoms with Gasteiger partial charge in [0.05, 0.1) is 0 Å². The van der Waals surface area contributed by atoms with Crippen molar-refractivity contribution in [2.45, 2.75) is 62.6 Å². The molecule has 0 spiro atoms. The number of ketones is 2. The van der Waals surface area contributed by atoms with Crippen molar-refractivity contribution in [3.8, 4) is 5.75 Å². The number of benzene rings is 1. The molecule has 0 heterocycles. The normalized spacial score (nSPS) is 28.8. The van der Waals surface area contributed by atoms with Gasteiger partial charge in [0.15, 0.2) is 0 Å². The Bertz CT molecular complexity index is 1380. The van der Waals surface area contributed by atoms with Crippen LogP contribution in [-0.4, -0.2) is 94.1 Å². The van der Waals surface area contributed by atoms with E-state index in [1.807, 2.05) is 0 Å². The summed E-state index contributed by atoms with van der Waals surface area (Å²) in [7, 11) is 9.41. The van der Waals surface area contributed by atoms with Crippen molar-refractivity contribution in [2.24, 2.45) is 17.6 Å². The first-order valence-corrected chi connectivity index (χ1v) is 13.7. The molecule has 0 aromatic heterocycles. The Hall–Kier alpha value is -3.28. The number of phenolic OH excluding ortho intramolecular Hbond substituents is 1. The van der Waals surface area contributed by atoms with Crippen LogP contribution in [0.25, 0.3) is 5.76 Å². The van der Waals surface area contributed by atoms with E-state index in [9.17, 15) is 34.8 Å². The standard InChI is InChI=1S/C29H35BN3O7/c1-33(2)23-17-11-13-10-16-15(19(35)12-32-14-6-4-3-5-7-14)8-9-18(34)21(16)24(36)20(13)27(38)29(17,40)26(30)22(25(23)37)28(31)39/h8-9,13-14,17,23,32,34,36-37,40H,3-7,10-12H2,1-2H3,(H2,31,39)/t13-,17-,23+,29+/m0/s1. The molecule has 5 rings (SSSR count). The van der Waals surface area contributed by atoms with Gasteiger partial charge in [0.2, 0.25) is 0 Å². The zero-order chi connectivity index (χ0) is 29.1. The van der Waals surface area contributed by atoms with Gasteiger partial charge in [-0.3, -0.25) is 0 Å². The summed E-state index contributed by atoms with van der Waals surface area (Å²) in [6.45, 7) is 0.105. The molecule has 2 fully saturated rings. The second-order valence-corrected chi connectivity index (χ2v) is 11.7. The molecule has 1 amide bonds. The molecule has 0 saturated heterocycles. The summed E-state index contributed by atoms with van der Waals surface area (Å²) >= 11 is 0. The summed E-state index contributed by atoms with van der Waals surface area (Å²) in [6.07, 6.45) is 5.67. The third kappa shape index (κ3) is 4.22. The fourth-order valence-corrected chi connectivity index (χ4v) is 7.24. The summed E-state index contributed by atoms with van der Waals surface area (Å²) in [4.78, 5) is 41.1. The number of hydrogen-bond acceptors (Lipinski definition) is 9. The van der Waals surface area contributed by atoms with Crippen molar-refractivity contribution in [3.05, 3.63) is 45.7 Å². The Kier molecular flexibility index (Phi) is 7.26. The first-order chi connectivity index (χ1) is 18.9. The molecule has 0 bridgehead atoms. The van der Waals surface area contributed by atoms with Crippen LogP contribution in [0.15, 0.2) is 29.0 Å². The van der Waals surface area contributed by atoms with Crippen molar-refractivity contribution in [1.29, 1.82) is 0 Å². The number of rotatable bonds is 6. The van der Waals surface area contributed by atoms with Crippen LogP contribution in [-0.2, 0) is 16.0 Å². The summed E-state index contributed by atoms with van der Waals surface area (Å²) in [5, 5.41) is 48.3. The third-order valence-corrected chi connectivity index (χ3v) is 9.16. The number of phenols is 1. The Morgan fingerprint density at radius 1 is 1.15 bits per heavy atom. The Balaban J connectivity index is 1.57. The zero-order valence-corrected chi connectivity index (χ0v) is 22.7. The van der Waals surface area contributed by atoms with Gasteiger partial charge in [0, 0.05) is 0 Å². The maximum absolute atomic E-state index is 14.0. The number of Topliss-reactive ketones (excluding diaryl/α,β-unsaturated/α-hetero) is 2. The molecule has 0 unspecified atom stereocenters. The maximum atomic E-state index is 14.0. The molecule has 1 radical (unpaired) electrons. The quantitative estimate of drug-likeness (QED) is 0.222. The molecule has 1 aromatic carbocycles. The average Bonchev–Trinajstić information content (AvgIpc) is 2.89. The van der Waals surface area contributed by atoms with Crippen molar-refractivity contribution < 1.29 is 34.8 Å². The second kappa shape index (κ2) is 10.3. The number of primary amides is 1. The van der Waals surface area contributed by atoms with E-state index in [4.69, 9.17) is 13.2 Å². The Morgan fingerprint density at radius 3 is 2.45 bits per heavy atom. The minimum atomic E-state index is -2.43. The van der Waals surface area contributed by atoms with Crippen LogP contribution >= 0.6 is 0 Å². The SMILES string of the molecule is [B]=C1C(C(N)=O)=C(O)[C@H](N(C)C)[C@@H]2C[C@@H]3Cc4c(C(=O)CNC5CCCCC5)ccc(O)c4C(O)=C3C(=O)[C@]12O. The number of aromatic hydroxyl groups is 1. The van der Waals surface area contributed by atoms with Gasteiger partial charge in [-0.25, -0.2) is 0 Å². The fourth-order valence-electron chi connectivity index (χ4n) is 7.24. The molecule has 1 aromatic rings. The van der Waals surface area contributed by atoms with Gasteiger partial charge in [0.1, 0.15) is 0 Å². The van der Waals surface area contributed by atoms with E-state index >= 15 is 0 Å². The van der Waals surface area contributed by atoms with Crippen LogP contribution in [0.2, 0.25) is 0 Å². The van der Waals surface area contributed by atoms with Crippen LogP contribution < -0.4 is 11.1 Å². The number of carbonyl (C=O) groups excluding carboxylic acids is 3. The van der Waals surface area contributed by atoms with Gasteiger partial charge in [-0.05, 0) is 12.8 Å². The minimum absolute atomic E-state index is 0.0304. The molecule has 11 heteroatoms. The van der Waals surface area contributed by atoms with Crippen LogP contribution in [0.4, 0.5) is 0 Å². The molecular formula is C29H35BN3O7. The molecule has 4 atom stereocenters. The van der Waals surface area contributed by atoms with E-state index in [-0.39, 0.29) is 48.1 Å². The molecule has 10 nitrogen and oxygen atoms in total. The molecule has 40 heavy (non-hydrogen) atoms. The van der Waals surface area contributed by atoms with Crippen LogP contribution in [0.1, 0.15) is 60.0 Å². The first-order valence-electron chi connectivity index (χ1n) is 13.7. The first kappa shape index (κ1) is 28.3. The molecule has 4 aliphatic carbocycles. The van der Waals surface area contributed by atoms with Crippen molar-refractivity contribution in [3.63, 3.8) is 0 Å². The second-order valence-electron chi connectivity index (χ2n) is 11.7. The zero-order valence-electron chi connectivity index (χ0n) is 22.7. The van der Waals surface area contributed by atoms with Crippen LogP contribution in [0, 0.1) is 11.8 Å². The van der Waals surface area contributed by atoms with Crippen molar-refractivity contribution >= 4 is 36.2 Å². The Morgan fingerprint density at radius 2 is 1.82 bits per heavy atom. The number of aliphatic hydroxyl groups excluding tert-OH is 2. The fraction of sp³-hybridized carbons (Fsp3) is 0.517. The van der Waals surface area contributed by atoms with Crippen LogP contribution in [0.3, 0.4) is 0 Å². The number of fused-ring (bicyclic) bond motifs is 3. The predicted molar refractivity (Wildman–Crippen MR) is 149 cm³/mol. The van der Waals surface area contributed by atoms with E-state index in [0.29, 0.717) is 11.1 Å².